The molecule has 24 heteroatoms. The van der Waals surface area contributed by atoms with Crippen molar-refractivity contribution in [3.8, 4) is 34.2 Å². The molecule has 51 heavy (non-hydrogen) atoms. The smallest absolute Gasteiger partial charge is 2.00 e. The second-order valence-electron chi connectivity index (χ2n) is 9.69. The van der Waals surface area contributed by atoms with Gasteiger partial charge in [0.05, 0.1) is 17.1 Å². The van der Waals surface area contributed by atoms with Gasteiger partial charge in [-0.1, -0.05) is 18.2 Å². The number of nitrogens with zero attached hydrogens (tertiary/aromatic N) is 9. The number of aromatic nitrogens is 9. The van der Waals surface area contributed by atoms with E-state index >= 15 is 0 Å². The molecule has 6 aromatic rings. The van der Waals surface area contributed by atoms with Crippen molar-refractivity contribution in [3.63, 3.8) is 0 Å². The van der Waals surface area contributed by atoms with Gasteiger partial charge in [0.25, 0.3) is 0 Å². The monoisotopic (exact) mass is 869 g/mol. The van der Waals surface area contributed by atoms with Crippen LogP contribution < -0.4 is 0 Å². The third-order valence-electron chi connectivity index (χ3n) is 4.92. The minimum absolute atomic E-state index is 0. The normalized spacial score (nSPS) is 13.5. The van der Waals surface area contributed by atoms with Crippen LogP contribution in [-0.2, 0) is 40.6 Å². The molecule has 0 aliphatic carbocycles. The standard InChI is InChI=1S/3C9H9N3.2F6P.Ru/c3*1-12-7-5-9(11-12)8-4-2-3-6-10-8;2*1-7(2,3,4,5)6;/h3*2-7H,1H3;;;/q;;;2*-1;+2. The second kappa shape index (κ2) is 15.5. The van der Waals surface area contributed by atoms with E-state index in [0.29, 0.717) is 0 Å². The van der Waals surface area contributed by atoms with Gasteiger partial charge in [-0.05, 0) is 54.6 Å². The summed E-state index contributed by atoms with van der Waals surface area (Å²) in [4.78, 5) is 12.6. The maximum Gasteiger partial charge on any atom is 2.00 e. The quantitative estimate of drug-likeness (QED) is 0.0999. The maximum absolute atomic E-state index is 10.7. The Labute approximate surface area is 294 Å². The van der Waals surface area contributed by atoms with Crippen molar-refractivity contribution in [1.29, 1.82) is 0 Å². The van der Waals surface area contributed by atoms with E-state index in [9.17, 15) is 50.4 Å². The van der Waals surface area contributed by atoms with E-state index in [0.717, 1.165) is 34.2 Å². The van der Waals surface area contributed by atoms with Gasteiger partial charge in [0.15, 0.2) is 0 Å². The predicted molar refractivity (Wildman–Crippen MR) is 166 cm³/mol. The second-order valence-corrected chi connectivity index (χ2v) is 13.5. The third-order valence-corrected chi connectivity index (χ3v) is 4.92. The minimum atomic E-state index is -10.7. The molecule has 0 bridgehead atoms. The minimum Gasteiger partial charge on any atom is 2.00 e. The van der Waals surface area contributed by atoms with Gasteiger partial charge in [0.2, 0.25) is 0 Å². The number of aryl methyl sites for hydroxylation is 3. The summed E-state index contributed by atoms with van der Waals surface area (Å²) in [6.07, 6.45) is 11.0. The Bertz CT molecular complexity index is 1690. The molecule has 0 spiro atoms. The van der Waals surface area contributed by atoms with E-state index in [-0.39, 0.29) is 19.5 Å². The molecule has 6 heterocycles. The van der Waals surface area contributed by atoms with Crippen LogP contribution in [0.4, 0.5) is 50.4 Å². The molecule has 0 saturated carbocycles. The molecule has 0 N–H and O–H groups in total. The average Bonchev–Trinajstić information content (AvgIpc) is 3.73. The van der Waals surface area contributed by atoms with Crippen LogP contribution in [0.15, 0.2) is 110 Å². The number of pyridine rings is 3. The van der Waals surface area contributed by atoms with E-state index in [1.54, 1.807) is 32.6 Å². The Kier molecular flexibility index (Phi) is 13.6. The summed E-state index contributed by atoms with van der Waals surface area (Å²) in [7, 11) is -15.6. The van der Waals surface area contributed by atoms with Crippen LogP contribution in [0.5, 0.6) is 0 Å². The summed E-state index contributed by atoms with van der Waals surface area (Å²) in [6, 6.07) is 23.2. The van der Waals surface area contributed by atoms with E-state index in [1.165, 1.54) is 0 Å². The van der Waals surface area contributed by atoms with Crippen molar-refractivity contribution >= 4 is 15.6 Å². The van der Waals surface area contributed by atoms with Crippen LogP contribution in [0.25, 0.3) is 34.2 Å². The van der Waals surface area contributed by atoms with Gasteiger partial charge in [0, 0.05) is 58.3 Å². The number of hydrogen-bond acceptors (Lipinski definition) is 6. The maximum atomic E-state index is 9.87. The van der Waals surface area contributed by atoms with Gasteiger partial charge < -0.3 is 0 Å². The summed E-state index contributed by atoms with van der Waals surface area (Å²) in [5, 5.41) is 12.7. The first kappa shape index (κ1) is 44.7. The molecule has 282 valence electrons. The summed E-state index contributed by atoms with van der Waals surface area (Å²) >= 11 is 0. The molecule has 0 radical (unpaired) electrons. The molecule has 0 saturated heterocycles. The first-order chi connectivity index (χ1) is 22.5. The van der Waals surface area contributed by atoms with Crippen LogP contribution in [0, 0.1) is 0 Å². The van der Waals surface area contributed by atoms with Crippen LogP contribution in [0.1, 0.15) is 0 Å². The molecule has 6 rings (SSSR count). The fourth-order valence-corrected chi connectivity index (χ4v) is 3.20. The molecular formula is C27H27F12N9P2Ru. The van der Waals surface area contributed by atoms with Crippen molar-refractivity contribution in [2.45, 2.75) is 0 Å². The molecule has 6 aromatic heterocycles. The van der Waals surface area contributed by atoms with Crippen LogP contribution >= 0.6 is 15.6 Å². The Morgan fingerprint density at radius 3 is 0.725 bits per heavy atom. The SMILES string of the molecule is Cn1ccc(-c2ccccn2)n1.Cn1ccc(-c2ccccn2)n1.Cn1ccc(-c2ccccn2)n1.F[P-](F)(F)(F)(F)F.F[P-](F)(F)(F)(F)F.[Ru+2]. The molecular weight excluding hydrogens is 841 g/mol. The molecule has 0 aliphatic rings. The van der Waals surface area contributed by atoms with Gasteiger partial charge in [-0.15, -0.1) is 0 Å². The van der Waals surface area contributed by atoms with Crippen molar-refractivity contribution in [3.05, 3.63) is 110 Å². The predicted octanol–water partition coefficient (Wildman–Crippen LogP) is 11.2. The van der Waals surface area contributed by atoms with Crippen LogP contribution in [0.2, 0.25) is 0 Å². The largest absolute Gasteiger partial charge is 2.00 e. The number of hydrogen-bond donors (Lipinski definition) is 0. The topological polar surface area (TPSA) is 92.1 Å². The molecule has 0 amide bonds. The Hall–Kier alpha value is -4.28. The first-order valence-electron chi connectivity index (χ1n) is 13.3. The van der Waals surface area contributed by atoms with Crippen molar-refractivity contribution in [2.75, 3.05) is 0 Å². The fourth-order valence-electron chi connectivity index (χ4n) is 3.20. The number of halogens is 12. The molecule has 0 aliphatic heterocycles. The van der Waals surface area contributed by atoms with Gasteiger partial charge in [-0.2, -0.15) is 15.3 Å². The van der Waals surface area contributed by atoms with Crippen molar-refractivity contribution in [2.24, 2.45) is 21.1 Å². The zero-order valence-electron chi connectivity index (χ0n) is 26.2. The van der Waals surface area contributed by atoms with Crippen LogP contribution in [-0.4, -0.2) is 44.3 Å². The molecule has 0 unspecified atom stereocenters. The van der Waals surface area contributed by atoms with Gasteiger partial charge in [0.1, 0.15) is 17.1 Å². The molecule has 0 atom stereocenters. The summed E-state index contributed by atoms with van der Waals surface area (Å²) < 4.78 is 124. The zero-order chi connectivity index (χ0) is 38.0. The fraction of sp³-hybridized carbons (Fsp3) is 0.111. The summed E-state index contributed by atoms with van der Waals surface area (Å²) in [5.74, 6) is 0. The van der Waals surface area contributed by atoms with Crippen LogP contribution in [0.3, 0.4) is 0 Å². The number of rotatable bonds is 3. The molecule has 9 nitrogen and oxygen atoms in total. The van der Waals surface area contributed by atoms with Crippen molar-refractivity contribution < 1.29 is 69.8 Å². The molecule has 0 aromatic carbocycles. The Balaban J connectivity index is 0.000000325. The van der Waals surface area contributed by atoms with Gasteiger partial charge >= 0.3 is 85.5 Å². The zero-order valence-corrected chi connectivity index (χ0v) is 29.7. The average molecular weight is 869 g/mol. The molecule has 0 fully saturated rings. The third kappa shape index (κ3) is 25.3. The van der Waals surface area contributed by atoms with E-state index in [4.69, 9.17) is 0 Å². The Morgan fingerprint density at radius 1 is 0.373 bits per heavy atom. The first-order valence-corrected chi connectivity index (χ1v) is 17.4. The summed E-state index contributed by atoms with van der Waals surface area (Å²) in [6.45, 7) is 0. The van der Waals surface area contributed by atoms with Crippen molar-refractivity contribution in [1.82, 2.24) is 44.3 Å². The van der Waals surface area contributed by atoms with E-state index < -0.39 is 15.6 Å². The summed E-state index contributed by atoms with van der Waals surface area (Å²) in [5.41, 5.74) is 5.49. The Morgan fingerprint density at radius 2 is 0.588 bits per heavy atom. The van der Waals surface area contributed by atoms with Gasteiger partial charge in [-0.3, -0.25) is 29.0 Å². The van der Waals surface area contributed by atoms with E-state index in [1.807, 2.05) is 113 Å². The van der Waals surface area contributed by atoms with E-state index in [2.05, 4.69) is 30.2 Å². The van der Waals surface area contributed by atoms with Gasteiger partial charge in [-0.25, -0.2) is 0 Å².